The zero-order valence-electron chi connectivity index (χ0n) is 11.6. The molecule has 0 bridgehead atoms. The Morgan fingerprint density at radius 3 is 2.50 bits per heavy atom. The predicted molar refractivity (Wildman–Crippen MR) is 82.6 cm³/mol. The highest BCUT2D eigenvalue weighted by Crippen LogP contribution is 2.22. The summed E-state index contributed by atoms with van der Waals surface area (Å²) in [6.07, 6.45) is 6.12. The molecule has 1 heteroatoms. The van der Waals surface area contributed by atoms with Crippen LogP contribution < -0.4 is 0 Å². The molecule has 0 N–H and O–H groups in total. The smallest absolute Gasteiger partial charge is 0.235 e. The van der Waals surface area contributed by atoms with E-state index in [1.54, 1.807) is 0 Å². The summed E-state index contributed by atoms with van der Waals surface area (Å²) in [5.74, 6) is 6.38. The topological polar surface area (TPSA) is 17.1 Å². The van der Waals surface area contributed by atoms with Crippen LogP contribution in [0.5, 0.6) is 0 Å². The quantitative estimate of drug-likeness (QED) is 0.417. The number of hydrogen-bond acceptors (Lipinski definition) is 1. The molecule has 1 aliphatic carbocycles. The highest BCUT2D eigenvalue weighted by molar-refractivity contribution is 6.10. The minimum Gasteiger partial charge on any atom is -0.279 e. The summed E-state index contributed by atoms with van der Waals surface area (Å²) >= 11 is 0. The summed E-state index contributed by atoms with van der Waals surface area (Å²) in [6.45, 7) is 0. The van der Waals surface area contributed by atoms with Gasteiger partial charge in [-0.15, -0.1) is 0 Å². The van der Waals surface area contributed by atoms with Crippen LogP contribution in [0.25, 0.3) is 10.8 Å². The van der Waals surface area contributed by atoms with E-state index in [2.05, 4.69) is 17.9 Å². The van der Waals surface area contributed by atoms with Gasteiger partial charge in [0.2, 0.25) is 5.78 Å². The number of rotatable bonds is 1. The van der Waals surface area contributed by atoms with E-state index in [-0.39, 0.29) is 5.78 Å². The number of carbonyl (C=O) groups excluding carboxylic acids is 1. The van der Waals surface area contributed by atoms with Crippen molar-refractivity contribution < 1.29 is 4.79 Å². The van der Waals surface area contributed by atoms with Crippen LogP contribution in [0.15, 0.2) is 42.5 Å². The lowest BCUT2D eigenvalue weighted by Crippen LogP contribution is -2.04. The second kappa shape index (κ2) is 5.92. The average molecular weight is 262 g/mol. The van der Waals surface area contributed by atoms with Gasteiger partial charge in [0.05, 0.1) is 0 Å². The number of benzene rings is 2. The third-order valence-electron chi connectivity index (χ3n) is 4.01. The second-order valence-corrected chi connectivity index (χ2v) is 5.50. The second-order valence-electron chi connectivity index (χ2n) is 5.50. The van der Waals surface area contributed by atoms with Gasteiger partial charge in [0.1, 0.15) is 0 Å². The number of Topliss-reactive ketones (excluding diaryl/α,β-unsaturated/α-hetero) is 1. The van der Waals surface area contributed by atoms with Crippen LogP contribution >= 0.6 is 0 Å². The molecule has 0 atom stereocenters. The third-order valence-corrected chi connectivity index (χ3v) is 4.01. The van der Waals surface area contributed by atoms with Crippen LogP contribution in [0.2, 0.25) is 0 Å². The van der Waals surface area contributed by atoms with Gasteiger partial charge in [-0.25, -0.2) is 0 Å². The Balaban J connectivity index is 1.80. The highest BCUT2D eigenvalue weighted by atomic mass is 16.1. The first-order valence-electron chi connectivity index (χ1n) is 7.37. The Morgan fingerprint density at radius 2 is 1.70 bits per heavy atom. The largest absolute Gasteiger partial charge is 0.279 e. The fraction of sp³-hybridized carbons (Fsp3) is 0.316. The monoisotopic (exact) mass is 262 g/mol. The van der Waals surface area contributed by atoms with Gasteiger partial charge in [-0.05, 0) is 41.7 Å². The molecule has 0 saturated heterocycles. The Kier molecular flexibility index (Phi) is 3.83. The summed E-state index contributed by atoms with van der Waals surface area (Å²) in [5, 5.41) is 2.25. The standard InChI is InChI=1S/C19H18O/c20-19(13-10-15-6-2-1-3-7-15)18-12-11-16-8-4-5-9-17(16)14-18/h4-5,8-9,11-12,14-15H,1-3,6-7H2. The predicted octanol–water partition coefficient (Wildman–Crippen LogP) is 4.61. The van der Waals surface area contributed by atoms with Crippen LogP contribution in [-0.2, 0) is 0 Å². The summed E-state index contributed by atoms with van der Waals surface area (Å²) in [6, 6.07) is 13.9. The fourth-order valence-electron chi connectivity index (χ4n) is 2.82. The molecule has 2 aromatic carbocycles. The van der Waals surface area contributed by atoms with Gasteiger partial charge in [-0.3, -0.25) is 4.79 Å². The Bertz CT molecular complexity index is 681. The molecule has 0 aliphatic heterocycles. The van der Waals surface area contributed by atoms with Crippen molar-refractivity contribution in [3.05, 3.63) is 48.0 Å². The summed E-state index contributed by atoms with van der Waals surface area (Å²) in [5.41, 5.74) is 0.701. The first-order valence-corrected chi connectivity index (χ1v) is 7.37. The van der Waals surface area contributed by atoms with Crippen LogP contribution in [0.4, 0.5) is 0 Å². The van der Waals surface area contributed by atoms with Crippen molar-refractivity contribution >= 4 is 16.6 Å². The molecule has 1 saturated carbocycles. The molecule has 0 radical (unpaired) electrons. The van der Waals surface area contributed by atoms with E-state index in [0.717, 1.165) is 23.6 Å². The van der Waals surface area contributed by atoms with Gasteiger partial charge in [0.25, 0.3) is 0 Å². The summed E-state index contributed by atoms with van der Waals surface area (Å²) < 4.78 is 0. The summed E-state index contributed by atoms with van der Waals surface area (Å²) in [7, 11) is 0. The van der Waals surface area contributed by atoms with Gasteiger partial charge < -0.3 is 0 Å². The maximum absolute atomic E-state index is 12.2. The lowest BCUT2D eigenvalue weighted by atomic mass is 9.89. The SMILES string of the molecule is O=C(C#CC1CCCCC1)c1ccc2ccccc2c1. The van der Waals surface area contributed by atoms with Crippen molar-refractivity contribution in [2.75, 3.05) is 0 Å². The van der Waals surface area contributed by atoms with Gasteiger partial charge in [-0.2, -0.15) is 0 Å². The van der Waals surface area contributed by atoms with Crippen LogP contribution in [0, 0.1) is 17.8 Å². The lowest BCUT2D eigenvalue weighted by molar-refractivity contribution is 0.105. The fourth-order valence-corrected chi connectivity index (χ4v) is 2.82. The number of fused-ring (bicyclic) bond motifs is 1. The van der Waals surface area contributed by atoms with E-state index in [9.17, 15) is 4.79 Å². The molecule has 0 heterocycles. The molecule has 0 spiro atoms. The van der Waals surface area contributed by atoms with Gasteiger partial charge >= 0.3 is 0 Å². The van der Waals surface area contributed by atoms with Crippen molar-refractivity contribution in [2.24, 2.45) is 5.92 Å². The Hall–Kier alpha value is -2.07. The molecule has 1 aliphatic rings. The van der Waals surface area contributed by atoms with E-state index in [0.29, 0.717) is 11.5 Å². The van der Waals surface area contributed by atoms with Crippen LogP contribution in [0.3, 0.4) is 0 Å². The van der Waals surface area contributed by atoms with E-state index in [1.807, 2.05) is 36.4 Å². The van der Waals surface area contributed by atoms with Crippen molar-refractivity contribution in [3.8, 4) is 11.8 Å². The van der Waals surface area contributed by atoms with Crippen LogP contribution in [0.1, 0.15) is 42.5 Å². The molecule has 0 unspecified atom stereocenters. The van der Waals surface area contributed by atoms with Gasteiger partial charge in [-0.1, -0.05) is 55.5 Å². The molecule has 2 aromatic rings. The van der Waals surface area contributed by atoms with E-state index >= 15 is 0 Å². The first-order chi connectivity index (χ1) is 9.83. The van der Waals surface area contributed by atoms with E-state index in [4.69, 9.17) is 0 Å². The minimum absolute atomic E-state index is 0.0543. The number of ketones is 1. The molecule has 1 fully saturated rings. The molecule has 100 valence electrons. The normalized spacial score (nSPS) is 15.6. The van der Waals surface area contributed by atoms with E-state index < -0.39 is 0 Å². The van der Waals surface area contributed by atoms with Crippen molar-refractivity contribution in [1.29, 1.82) is 0 Å². The first kappa shape index (κ1) is 12.9. The zero-order chi connectivity index (χ0) is 13.8. The van der Waals surface area contributed by atoms with Crippen molar-refractivity contribution in [1.82, 2.24) is 0 Å². The number of hydrogen-bond donors (Lipinski definition) is 0. The van der Waals surface area contributed by atoms with Crippen molar-refractivity contribution in [2.45, 2.75) is 32.1 Å². The molecular formula is C19H18O. The van der Waals surface area contributed by atoms with Gasteiger partial charge in [0, 0.05) is 11.5 Å². The van der Waals surface area contributed by atoms with Gasteiger partial charge in [0.15, 0.2) is 0 Å². The molecular weight excluding hydrogens is 244 g/mol. The molecule has 0 aromatic heterocycles. The maximum atomic E-state index is 12.2. The Labute approximate surface area is 120 Å². The number of carbonyl (C=O) groups is 1. The highest BCUT2D eigenvalue weighted by Gasteiger charge is 2.11. The molecule has 0 amide bonds. The maximum Gasteiger partial charge on any atom is 0.235 e. The molecule has 1 nitrogen and oxygen atoms in total. The third kappa shape index (κ3) is 2.91. The minimum atomic E-state index is -0.0543. The molecule has 20 heavy (non-hydrogen) atoms. The zero-order valence-corrected chi connectivity index (χ0v) is 11.6. The van der Waals surface area contributed by atoms with E-state index in [1.165, 1.54) is 19.3 Å². The van der Waals surface area contributed by atoms with Crippen molar-refractivity contribution in [3.63, 3.8) is 0 Å². The Morgan fingerprint density at radius 1 is 0.950 bits per heavy atom. The lowest BCUT2D eigenvalue weighted by Gasteiger charge is -2.15. The average Bonchev–Trinajstić information content (AvgIpc) is 2.53. The van der Waals surface area contributed by atoms with Crippen LogP contribution in [-0.4, -0.2) is 5.78 Å². The molecule has 3 rings (SSSR count). The summed E-state index contributed by atoms with van der Waals surface area (Å²) in [4.78, 5) is 12.2.